The third kappa shape index (κ3) is 1.65. The third-order valence-corrected chi connectivity index (χ3v) is 3.20. The first-order chi connectivity index (χ1) is 7.15. The Morgan fingerprint density at radius 3 is 3.00 bits per heavy atom. The predicted molar refractivity (Wildman–Crippen MR) is 58.8 cm³/mol. The maximum Gasteiger partial charge on any atom is 0.211 e. The molecule has 4 nitrogen and oxygen atoms in total. The molecule has 0 unspecified atom stereocenters. The Morgan fingerprint density at radius 2 is 2.33 bits per heavy atom. The molecule has 0 bridgehead atoms. The Hall–Kier alpha value is -1.29. The van der Waals surface area contributed by atoms with E-state index < -0.39 is 0 Å². The molecule has 1 aliphatic carbocycles. The standard InChI is InChI=1S/C11H16N4/c1-8-6-15-7-9(14-10(15)13-8)2-3-11(12)4-5-11/h6-7H,2-5,12H2,1H3,(H,13,14). The van der Waals surface area contributed by atoms with E-state index in [-0.39, 0.29) is 5.54 Å². The van der Waals surface area contributed by atoms with Crippen LogP contribution in [0.2, 0.25) is 0 Å². The number of rotatable bonds is 3. The fourth-order valence-corrected chi connectivity index (χ4v) is 1.96. The maximum absolute atomic E-state index is 6.05. The average molecular weight is 204 g/mol. The zero-order chi connectivity index (χ0) is 10.5. The van der Waals surface area contributed by atoms with E-state index in [0.717, 1.165) is 30.0 Å². The van der Waals surface area contributed by atoms with Crippen molar-refractivity contribution in [2.75, 3.05) is 0 Å². The molecule has 0 aromatic carbocycles. The summed E-state index contributed by atoms with van der Waals surface area (Å²) in [5.41, 5.74) is 8.46. The quantitative estimate of drug-likeness (QED) is 0.793. The van der Waals surface area contributed by atoms with Gasteiger partial charge in [-0.05, 0) is 32.6 Å². The van der Waals surface area contributed by atoms with Crippen molar-refractivity contribution < 1.29 is 0 Å². The van der Waals surface area contributed by atoms with E-state index in [4.69, 9.17) is 5.73 Å². The van der Waals surface area contributed by atoms with Gasteiger partial charge in [0.25, 0.3) is 0 Å². The van der Waals surface area contributed by atoms with Gasteiger partial charge in [0, 0.05) is 23.6 Å². The summed E-state index contributed by atoms with van der Waals surface area (Å²) in [6.07, 6.45) is 8.55. The van der Waals surface area contributed by atoms with Gasteiger partial charge in [-0.1, -0.05) is 0 Å². The van der Waals surface area contributed by atoms with Crippen LogP contribution >= 0.6 is 0 Å². The second-order valence-corrected chi connectivity index (χ2v) is 4.76. The van der Waals surface area contributed by atoms with E-state index in [1.165, 1.54) is 12.8 Å². The summed E-state index contributed by atoms with van der Waals surface area (Å²) in [5, 5.41) is 0. The fraction of sp³-hybridized carbons (Fsp3) is 0.545. The number of aromatic nitrogens is 3. The van der Waals surface area contributed by atoms with E-state index in [1.54, 1.807) is 0 Å². The first kappa shape index (κ1) is 8.97. The number of aryl methyl sites for hydroxylation is 2. The molecule has 0 spiro atoms. The van der Waals surface area contributed by atoms with Crippen LogP contribution in [0.15, 0.2) is 12.4 Å². The molecule has 3 N–H and O–H groups in total. The molecular weight excluding hydrogens is 188 g/mol. The molecule has 0 saturated heterocycles. The summed E-state index contributed by atoms with van der Waals surface area (Å²) in [5.74, 6) is 0.935. The van der Waals surface area contributed by atoms with Crippen LogP contribution < -0.4 is 5.73 Å². The lowest BCUT2D eigenvalue weighted by molar-refractivity contribution is 0.604. The number of nitrogens with two attached hydrogens (primary N) is 1. The summed E-state index contributed by atoms with van der Waals surface area (Å²) < 4.78 is 2.04. The van der Waals surface area contributed by atoms with Crippen molar-refractivity contribution in [3.63, 3.8) is 0 Å². The Kier molecular flexibility index (Phi) is 1.71. The third-order valence-electron chi connectivity index (χ3n) is 3.20. The highest BCUT2D eigenvalue weighted by Gasteiger charge is 2.37. The van der Waals surface area contributed by atoms with Crippen LogP contribution in [0.4, 0.5) is 0 Å². The molecule has 15 heavy (non-hydrogen) atoms. The summed E-state index contributed by atoms with van der Waals surface area (Å²) in [4.78, 5) is 7.73. The number of nitrogens with zero attached hydrogens (tertiary/aromatic N) is 2. The number of imidazole rings is 2. The van der Waals surface area contributed by atoms with Gasteiger partial charge < -0.3 is 10.7 Å². The molecule has 2 aromatic rings. The van der Waals surface area contributed by atoms with Gasteiger partial charge in [-0.2, -0.15) is 0 Å². The number of hydrogen-bond donors (Lipinski definition) is 2. The molecule has 1 fully saturated rings. The highest BCUT2D eigenvalue weighted by Crippen LogP contribution is 2.36. The Morgan fingerprint density at radius 1 is 1.53 bits per heavy atom. The first-order valence-corrected chi connectivity index (χ1v) is 5.47. The second kappa shape index (κ2) is 2.85. The first-order valence-electron chi connectivity index (χ1n) is 5.47. The van der Waals surface area contributed by atoms with Crippen LogP contribution in [-0.2, 0) is 6.42 Å². The number of nitrogens with one attached hydrogen (secondary N) is 1. The minimum absolute atomic E-state index is 0.132. The van der Waals surface area contributed by atoms with Gasteiger partial charge in [0.2, 0.25) is 5.78 Å². The summed E-state index contributed by atoms with van der Waals surface area (Å²) >= 11 is 0. The lowest BCUT2D eigenvalue weighted by atomic mass is 10.1. The zero-order valence-electron chi connectivity index (χ0n) is 8.95. The Bertz CT molecular complexity index is 458. The maximum atomic E-state index is 6.05. The molecular formula is C11H16N4. The number of hydrogen-bond acceptors (Lipinski definition) is 2. The van der Waals surface area contributed by atoms with E-state index >= 15 is 0 Å². The summed E-state index contributed by atoms with van der Waals surface area (Å²) in [6, 6.07) is 0. The van der Waals surface area contributed by atoms with Crippen molar-refractivity contribution in [3.8, 4) is 0 Å². The van der Waals surface area contributed by atoms with E-state index in [1.807, 2.05) is 11.3 Å². The van der Waals surface area contributed by atoms with E-state index in [2.05, 4.69) is 22.4 Å². The van der Waals surface area contributed by atoms with Gasteiger partial charge in [-0.15, -0.1) is 0 Å². The van der Waals surface area contributed by atoms with Gasteiger partial charge in [-0.3, -0.25) is 4.40 Å². The molecule has 4 heteroatoms. The summed E-state index contributed by atoms with van der Waals surface area (Å²) in [6.45, 7) is 2.04. The van der Waals surface area contributed by atoms with Crippen molar-refractivity contribution >= 4 is 5.78 Å². The smallest absolute Gasteiger partial charge is 0.211 e. The van der Waals surface area contributed by atoms with Crippen LogP contribution in [-0.4, -0.2) is 19.9 Å². The Balaban J connectivity index is 1.77. The molecule has 2 heterocycles. The van der Waals surface area contributed by atoms with Crippen molar-refractivity contribution in [2.24, 2.45) is 5.73 Å². The normalized spacial score (nSPS) is 18.5. The average Bonchev–Trinajstić information content (AvgIpc) is 2.64. The number of aromatic amines is 1. The second-order valence-electron chi connectivity index (χ2n) is 4.76. The number of H-pyrrole nitrogens is 1. The molecule has 0 radical (unpaired) electrons. The molecule has 2 aromatic heterocycles. The van der Waals surface area contributed by atoms with Gasteiger partial charge in [0.1, 0.15) is 0 Å². The molecule has 0 aliphatic heterocycles. The monoisotopic (exact) mass is 204 g/mol. The minimum Gasteiger partial charge on any atom is -0.328 e. The van der Waals surface area contributed by atoms with E-state index in [9.17, 15) is 0 Å². The molecule has 0 atom stereocenters. The molecule has 0 amide bonds. The largest absolute Gasteiger partial charge is 0.328 e. The van der Waals surface area contributed by atoms with E-state index in [0.29, 0.717) is 0 Å². The van der Waals surface area contributed by atoms with Gasteiger partial charge in [0.15, 0.2) is 0 Å². The number of fused-ring (bicyclic) bond motifs is 1. The van der Waals surface area contributed by atoms with Crippen molar-refractivity contribution in [1.29, 1.82) is 0 Å². The molecule has 1 aliphatic rings. The van der Waals surface area contributed by atoms with Crippen molar-refractivity contribution in [1.82, 2.24) is 14.4 Å². The topological polar surface area (TPSA) is 59.1 Å². The lowest BCUT2D eigenvalue weighted by Crippen LogP contribution is -2.22. The van der Waals surface area contributed by atoms with Crippen LogP contribution in [0, 0.1) is 6.92 Å². The SMILES string of the molecule is Cc1cn2cc(CCC3(N)CC3)nc2[nH]1. The molecule has 3 rings (SSSR count). The van der Waals surface area contributed by atoms with Crippen LogP contribution in [0.3, 0.4) is 0 Å². The minimum atomic E-state index is 0.132. The predicted octanol–water partition coefficient (Wildman–Crippen LogP) is 1.39. The fourth-order valence-electron chi connectivity index (χ4n) is 1.96. The van der Waals surface area contributed by atoms with Crippen LogP contribution in [0.1, 0.15) is 30.7 Å². The lowest BCUT2D eigenvalue weighted by Gasteiger charge is -2.04. The van der Waals surface area contributed by atoms with Crippen LogP contribution in [0.5, 0.6) is 0 Å². The molecule has 80 valence electrons. The van der Waals surface area contributed by atoms with Crippen LogP contribution in [0.25, 0.3) is 5.78 Å². The highest BCUT2D eigenvalue weighted by atomic mass is 15.1. The summed E-state index contributed by atoms with van der Waals surface area (Å²) in [7, 11) is 0. The Labute approximate surface area is 88.5 Å². The van der Waals surface area contributed by atoms with Gasteiger partial charge in [-0.25, -0.2) is 4.98 Å². The van der Waals surface area contributed by atoms with Crippen molar-refractivity contribution in [3.05, 3.63) is 23.8 Å². The highest BCUT2D eigenvalue weighted by molar-refractivity contribution is 5.33. The van der Waals surface area contributed by atoms with Gasteiger partial charge >= 0.3 is 0 Å². The molecule has 1 saturated carbocycles. The van der Waals surface area contributed by atoms with Crippen molar-refractivity contribution in [2.45, 2.75) is 38.1 Å². The zero-order valence-corrected chi connectivity index (χ0v) is 8.95. The van der Waals surface area contributed by atoms with Gasteiger partial charge in [0.05, 0.1) is 5.69 Å².